The van der Waals surface area contributed by atoms with Crippen molar-refractivity contribution in [2.24, 2.45) is 75.9 Å². The van der Waals surface area contributed by atoms with E-state index in [0.717, 1.165) is 6.42 Å². The molecule has 0 N–H and O–H groups in total. The van der Waals surface area contributed by atoms with Gasteiger partial charge in [-0.25, -0.2) is 0 Å². The summed E-state index contributed by atoms with van der Waals surface area (Å²) in [7, 11) is 1.60. The number of hydrogen-bond acceptors (Lipinski definition) is 3. The molecule has 7 aliphatic carbocycles. The second-order valence-electron chi connectivity index (χ2n) is 11.4. The summed E-state index contributed by atoms with van der Waals surface area (Å²) < 4.78 is 5.48. The highest BCUT2D eigenvalue weighted by Crippen LogP contribution is 2.87. The number of Topliss-reactive ketones (excluding diaryl/α,β-unsaturated/α-hetero) is 1. The van der Waals surface area contributed by atoms with Crippen molar-refractivity contribution in [2.45, 2.75) is 46.0 Å². The van der Waals surface area contributed by atoms with Crippen LogP contribution < -0.4 is 0 Å². The SMILES string of the molecule is COC(=O)[C@@]1(C)[C@@H]2[C@H]3CC[C@@H]4C(=O)[C@]5(C)[C@H]([C@H]2[C@@H]2[C@H]1[C@@H]1CCC[C@@H]1[C@H]25)[C@@H]34. The van der Waals surface area contributed by atoms with Gasteiger partial charge in [-0.2, -0.15) is 0 Å². The summed E-state index contributed by atoms with van der Waals surface area (Å²) in [5.74, 6) is 7.02. The average Bonchev–Trinajstić information content (AvgIpc) is 3.38. The normalized spacial score (nSPS) is 68.0. The van der Waals surface area contributed by atoms with Gasteiger partial charge in [0.2, 0.25) is 0 Å². The lowest BCUT2D eigenvalue weighted by Gasteiger charge is -2.39. The van der Waals surface area contributed by atoms with Crippen molar-refractivity contribution in [1.82, 2.24) is 0 Å². The molecule has 0 bridgehead atoms. The first-order valence-corrected chi connectivity index (χ1v) is 11.1. The molecule has 0 aromatic heterocycles. The van der Waals surface area contributed by atoms with Crippen molar-refractivity contribution in [1.29, 1.82) is 0 Å². The van der Waals surface area contributed by atoms with E-state index in [0.29, 0.717) is 70.9 Å². The Kier molecular flexibility index (Phi) is 2.38. The zero-order valence-electron chi connectivity index (χ0n) is 16.1. The van der Waals surface area contributed by atoms with Crippen molar-refractivity contribution in [2.75, 3.05) is 7.11 Å². The predicted octanol–water partition coefficient (Wildman–Crippen LogP) is 3.57. The number of esters is 1. The van der Waals surface area contributed by atoms with Crippen LogP contribution in [0, 0.1) is 75.9 Å². The molecule has 140 valence electrons. The monoisotopic (exact) mass is 354 g/mol. The van der Waals surface area contributed by atoms with Crippen molar-refractivity contribution >= 4 is 11.8 Å². The van der Waals surface area contributed by atoms with Crippen LogP contribution in [0.15, 0.2) is 0 Å². The molecular formula is C23H30O3. The summed E-state index contributed by atoms with van der Waals surface area (Å²) in [5, 5.41) is 0. The van der Waals surface area contributed by atoms with E-state index < -0.39 is 0 Å². The highest BCUT2D eigenvalue weighted by Gasteiger charge is 2.87. The van der Waals surface area contributed by atoms with E-state index in [1.807, 2.05) is 0 Å². The minimum atomic E-state index is -0.291. The van der Waals surface area contributed by atoms with E-state index >= 15 is 0 Å². The Morgan fingerprint density at radius 3 is 2.27 bits per heavy atom. The van der Waals surface area contributed by atoms with Crippen molar-refractivity contribution in [3.05, 3.63) is 0 Å². The van der Waals surface area contributed by atoms with E-state index in [9.17, 15) is 9.59 Å². The topological polar surface area (TPSA) is 43.4 Å². The number of carbonyl (C=O) groups is 2. The van der Waals surface area contributed by atoms with Gasteiger partial charge in [-0.3, -0.25) is 9.59 Å². The molecule has 0 spiro atoms. The van der Waals surface area contributed by atoms with Gasteiger partial charge in [0.15, 0.2) is 0 Å². The van der Waals surface area contributed by atoms with Crippen molar-refractivity contribution < 1.29 is 14.3 Å². The molecule has 7 rings (SSSR count). The Morgan fingerprint density at radius 1 is 0.885 bits per heavy atom. The van der Waals surface area contributed by atoms with E-state index in [4.69, 9.17) is 4.74 Å². The standard InChI is InChI=1S/C23H30O3/c1-22-16-9-5-4-6-10(9)17-14(16)15-18(23(17,2)21(25)26-3)11-7-8-12(20(22)24)13(11)19(15)22/h9-19H,4-8H2,1-3H3/t9-,10+,11-,12-,13-,14-,15-,16+,17+,18+,19-,22-,23+/m0/s1. The second kappa shape index (κ2) is 4.10. The van der Waals surface area contributed by atoms with E-state index in [1.165, 1.54) is 25.7 Å². The van der Waals surface area contributed by atoms with Gasteiger partial charge in [-0.05, 0) is 91.8 Å². The summed E-state index contributed by atoms with van der Waals surface area (Å²) in [4.78, 5) is 26.9. The fraction of sp³-hybridized carbons (Fsp3) is 0.913. The maximum absolute atomic E-state index is 13.7. The van der Waals surface area contributed by atoms with Gasteiger partial charge in [0, 0.05) is 11.3 Å². The molecule has 0 unspecified atom stereocenters. The minimum absolute atomic E-state index is 0.0580. The Labute approximate surface area is 155 Å². The largest absolute Gasteiger partial charge is 0.469 e. The van der Waals surface area contributed by atoms with Crippen LogP contribution in [0.25, 0.3) is 0 Å². The first-order chi connectivity index (χ1) is 12.5. The third-order valence-electron chi connectivity index (χ3n) is 11.6. The Hall–Kier alpha value is -0.860. The molecule has 0 aliphatic heterocycles. The van der Waals surface area contributed by atoms with E-state index in [1.54, 1.807) is 7.11 Å². The van der Waals surface area contributed by atoms with Crippen molar-refractivity contribution in [3.63, 3.8) is 0 Å². The Balaban J connectivity index is 1.51. The third-order valence-corrected chi connectivity index (χ3v) is 11.6. The van der Waals surface area contributed by atoms with Gasteiger partial charge in [0.05, 0.1) is 12.5 Å². The summed E-state index contributed by atoms with van der Waals surface area (Å²) in [6.07, 6.45) is 6.15. The molecule has 7 aliphatic rings. The maximum Gasteiger partial charge on any atom is 0.312 e. The average molecular weight is 354 g/mol. The summed E-state index contributed by atoms with van der Waals surface area (Å²) in [6, 6.07) is 0. The third kappa shape index (κ3) is 1.13. The van der Waals surface area contributed by atoms with Gasteiger partial charge in [0.25, 0.3) is 0 Å². The summed E-state index contributed by atoms with van der Waals surface area (Å²) in [5.41, 5.74) is -0.349. The molecule has 0 aromatic rings. The number of hydrogen-bond donors (Lipinski definition) is 0. The van der Waals surface area contributed by atoms with Crippen LogP contribution in [0.2, 0.25) is 0 Å². The zero-order valence-corrected chi connectivity index (χ0v) is 16.1. The molecule has 3 heteroatoms. The molecule has 0 radical (unpaired) electrons. The molecule has 26 heavy (non-hydrogen) atoms. The van der Waals surface area contributed by atoms with Crippen LogP contribution in [0.5, 0.6) is 0 Å². The zero-order chi connectivity index (χ0) is 17.7. The van der Waals surface area contributed by atoms with Crippen LogP contribution in [-0.4, -0.2) is 18.9 Å². The van der Waals surface area contributed by atoms with Gasteiger partial charge in [-0.1, -0.05) is 13.3 Å². The number of fused-ring (bicyclic) bond motifs is 5. The lowest BCUT2D eigenvalue weighted by molar-refractivity contribution is -0.160. The first-order valence-electron chi connectivity index (χ1n) is 11.1. The second-order valence-corrected chi connectivity index (χ2v) is 11.4. The predicted molar refractivity (Wildman–Crippen MR) is 94.7 cm³/mol. The highest BCUT2D eigenvalue weighted by molar-refractivity contribution is 5.92. The van der Waals surface area contributed by atoms with Crippen LogP contribution in [0.3, 0.4) is 0 Å². The van der Waals surface area contributed by atoms with Crippen LogP contribution in [-0.2, 0) is 14.3 Å². The smallest absolute Gasteiger partial charge is 0.312 e. The van der Waals surface area contributed by atoms with Gasteiger partial charge < -0.3 is 4.74 Å². The van der Waals surface area contributed by atoms with E-state index in [2.05, 4.69) is 13.8 Å². The molecule has 7 saturated carbocycles. The van der Waals surface area contributed by atoms with Crippen LogP contribution in [0.4, 0.5) is 0 Å². The van der Waals surface area contributed by atoms with Gasteiger partial charge >= 0.3 is 5.97 Å². The molecule has 0 aromatic carbocycles. The molecular weight excluding hydrogens is 324 g/mol. The molecule has 0 saturated heterocycles. The molecule has 13 atom stereocenters. The van der Waals surface area contributed by atoms with E-state index in [-0.39, 0.29) is 16.8 Å². The number of rotatable bonds is 1. The summed E-state index contributed by atoms with van der Waals surface area (Å²) >= 11 is 0. The Morgan fingerprint density at radius 2 is 1.54 bits per heavy atom. The minimum Gasteiger partial charge on any atom is -0.469 e. The fourth-order valence-corrected chi connectivity index (χ4v) is 11.7. The Bertz CT molecular complexity index is 751. The summed E-state index contributed by atoms with van der Waals surface area (Å²) in [6.45, 7) is 4.67. The molecule has 0 amide bonds. The number of carbonyl (C=O) groups excluding carboxylic acids is 2. The van der Waals surface area contributed by atoms with Crippen LogP contribution in [0.1, 0.15) is 46.0 Å². The maximum atomic E-state index is 13.7. The van der Waals surface area contributed by atoms with Gasteiger partial charge in [-0.15, -0.1) is 0 Å². The number of ether oxygens (including phenoxy) is 1. The molecule has 0 heterocycles. The first kappa shape index (κ1) is 15.1. The van der Waals surface area contributed by atoms with Gasteiger partial charge in [0.1, 0.15) is 5.78 Å². The lowest BCUT2D eigenvalue weighted by Crippen LogP contribution is -2.44. The fourth-order valence-electron chi connectivity index (χ4n) is 11.7. The lowest BCUT2D eigenvalue weighted by atomic mass is 9.64. The van der Waals surface area contributed by atoms with Crippen molar-refractivity contribution in [3.8, 4) is 0 Å². The number of methoxy groups -OCH3 is 1. The quantitative estimate of drug-likeness (QED) is 0.676. The molecule has 3 nitrogen and oxygen atoms in total. The van der Waals surface area contributed by atoms with Crippen LogP contribution >= 0.6 is 0 Å². The highest BCUT2D eigenvalue weighted by atomic mass is 16.5. The number of ketones is 1. The molecule has 7 fully saturated rings.